The van der Waals surface area contributed by atoms with Gasteiger partial charge in [0.15, 0.2) is 0 Å². The van der Waals surface area contributed by atoms with Gasteiger partial charge in [-0.25, -0.2) is 4.79 Å². The van der Waals surface area contributed by atoms with Gasteiger partial charge in [0.2, 0.25) is 0 Å². The lowest BCUT2D eigenvalue weighted by molar-refractivity contribution is -0.139. The summed E-state index contributed by atoms with van der Waals surface area (Å²) < 4.78 is 5.37. The van der Waals surface area contributed by atoms with E-state index in [0.717, 1.165) is 12.0 Å². The summed E-state index contributed by atoms with van der Waals surface area (Å²) in [6, 6.07) is 4.72. The second-order valence-corrected chi connectivity index (χ2v) is 5.06. The quantitative estimate of drug-likeness (QED) is 0.770. The van der Waals surface area contributed by atoms with E-state index < -0.39 is 17.9 Å². The molecule has 2 rings (SSSR count). The molecule has 2 aromatic rings. The number of fused-ring (bicyclic) bond motifs is 1. The number of carboxylic acid groups (broad SMARTS) is 1. The first-order valence-electron chi connectivity index (χ1n) is 7.21. The molecule has 2 N–H and O–H groups in total. The van der Waals surface area contributed by atoms with E-state index in [4.69, 9.17) is 9.52 Å². The zero-order valence-corrected chi connectivity index (χ0v) is 12.5. The van der Waals surface area contributed by atoms with Crippen LogP contribution in [0, 0.1) is 0 Å². The number of rotatable bonds is 7. The molecule has 22 heavy (non-hydrogen) atoms. The standard InChI is InChI=1S/C17H19NO4/c1-3-5-6-14(17(20)21)18-16(19)13-10-22-15-8-7-11(4-2)9-12(13)15/h3,7-10,14H,1,4-6H2,2H3,(H,18,19)(H,20,21). The van der Waals surface area contributed by atoms with E-state index >= 15 is 0 Å². The third-order valence-electron chi connectivity index (χ3n) is 3.55. The van der Waals surface area contributed by atoms with E-state index in [9.17, 15) is 9.59 Å². The van der Waals surface area contributed by atoms with Gasteiger partial charge in [0, 0.05) is 5.39 Å². The molecule has 0 aliphatic carbocycles. The third-order valence-corrected chi connectivity index (χ3v) is 3.55. The van der Waals surface area contributed by atoms with Crippen LogP contribution in [0.25, 0.3) is 11.0 Å². The molecule has 1 unspecified atom stereocenters. The Kier molecular flexibility index (Phi) is 4.99. The van der Waals surface area contributed by atoms with Crippen molar-refractivity contribution in [3.63, 3.8) is 0 Å². The second-order valence-electron chi connectivity index (χ2n) is 5.06. The molecule has 0 aliphatic heterocycles. The van der Waals surface area contributed by atoms with E-state index in [-0.39, 0.29) is 0 Å². The van der Waals surface area contributed by atoms with E-state index in [1.165, 1.54) is 6.26 Å². The highest BCUT2D eigenvalue weighted by Crippen LogP contribution is 2.23. The van der Waals surface area contributed by atoms with Crippen LogP contribution in [0.4, 0.5) is 0 Å². The minimum absolute atomic E-state index is 0.306. The number of aliphatic carboxylic acids is 1. The normalized spacial score (nSPS) is 12.0. The third kappa shape index (κ3) is 3.36. The Hall–Kier alpha value is -2.56. The topological polar surface area (TPSA) is 79.5 Å². The van der Waals surface area contributed by atoms with E-state index in [1.807, 2.05) is 25.1 Å². The minimum Gasteiger partial charge on any atom is -0.480 e. The lowest BCUT2D eigenvalue weighted by Gasteiger charge is -2.13. The van der Waals surface area contributed by atoms with Gasteiger partial charge in [-0.1, -0.05) is 19.1 Å². The second kappa shape index (κ2) is 6.93. The monoisotopic (exact) mass is 301 g/mol. The summed E-state index contributed by atoms with van der Waals surface area (Å²) in [4.78, 5) is 23.5. The van der Waals surface area contributed by atoms with Crippen molar-refractivity contribution in [2.45, 2.75) is 32.2 Å². The molecule has 1 aromatic carbocycles. The molecule has 0 spiro atoms. The number of hydrogen-bond donors (Lipinski definition) is 2. The van der Waals surface area contributed by atoms with Crippen LogP contribution in [0.2, 0.25) is 0 Å². The number of carbonyl (C=O) groups excluding carboxylic acids is 1. The predicted octanol–water partition coefficient (Wildman–Crippen LogP) is 3.14. The van der Waals surface area contributed by atoms with Crippen LogP contribution in [0.5, 0.6) is 0 Å². The first-order chi connectivity index (χ1) is 10.6. The highest BCUT2D eigenvalue weighted by Gasteiger charge is 2.22. The summed E-state index contributed by atoms with van der Waals surface area (Å²) in [7, 11) is 0. The molecule has 0 radical (unpaired) electrons. The molecule has 116 valence electrons. The van der Waals surface area contributed by atoms with E-state index in [2.05, 4.69) is 11.9 Å². The lowest BCUT2D eigenvalue weighted by atomic mass is 10.1. The van der Waals surface area contributed by atoms with Crippen LogP contribution in [-0.2, 0) is 11.2 Å². The van der Waals surface area contributed by atoms with Gasteiger partial charge >= 0.3 is 5.97 Å². The maximum atomic E-state index is 12.3. The van der Waals surface area contributed by atoms with Gasteiger partial charge in [0.1, 0.15) is 17.9 Å². The molecule has 1 aromatic heterocycles. The van der Waals surface area contributed by atoms with Crippen molar-refractivity contribution < 1.29 is 19.1 Å². The zero-order valence-electron chi connectivity index (χ0n) is 12.5. The highest BCUT2D eigenvalue weighted by molar-refractivity contribution is 6.07. The average molecular weight is 301 g/mol. The van der Waals surface area contributed by atoms with Gasteiger partial charge in [-0.15, -0.1) is 6.58 Å². The number of allylic oxidation sites excluding steroid dienone is 1. The van der Waals surface area contributed by atoms with E-state index in [0.29, 0.717) is 29.4 Å². The van der Waals surface area contributed by atoms with Crippen molar-refractivity contribution in [3.8, 4) is 0 Å². The molecule has 0 fully saturated rings. The average Bonchev–Trinajstić information content (AvgIpc) is 2.93. The molecule has 1 heterocycles. The number of carbonyl (C=O) groups is 2. The smallest absolute Gasteiger partial charge is 0.326 e. The Labute approximate surface area is 128 Å². The van der Waals surface area contributed by atoms with Crippen LogP contribution in [0.15, 0.2) is 41.5 Å². The number of furan rings is 1. The van der Waals surface area contributed by atoms with E-state index in [1.54, 1.807) is 6.08 Å². The van der Waals surface area contributed by atoms with Gasteiger partial charge in [-0.2, -0.15) is 0 Å². The van der Waals surface area contributed by atoms with Crippen molar-refractivity contribution in [2.75, 3.05) is 0 Å². The summed E-state index contributed by atoms with van der Waals surface area (Å²) in [5.74, 6) is -1.50. The molecular weight excluding hydrogens is 282 g/mol. The summed E-state index contributed by atoms with van der Waals surface area (Å²) in [6.45, 7) is 5.58. The number of carboxylic acids is 1. The molecule has 5 heteroatoms. The number of benzene rings is 1. The summed E-state index contributed by atoms with van der Waals surface area (Å²) in [6.07, 6.45) is 4.66. The van der Waals surface area contributed by atoms with Crippen molar-refractivity contribution in [1.82, 2.24) is 5.32 Å². The fourth-order valence-corrected chi connectivity index (χ4v) is 2.25. The van der Waals surface area contributed by atoms with Gasteiger partial charge in [0.05, 0.1) is 5.56 Å². The van der Waals surface area contributed by atoms with Crippen LogP contribution in [0.1, 0.15) is 35.7 Å². The first kappa shape index (κ1) is 15.8. The van der Waals surface area contributed by atoms with Crippen LogP contribution < -0.4 is 5.32 Å². The Morgan fingerprint density at radius 1 is 1.45 bits per heavy atom. The van der Waals surface area contributed by atoms with Gasteiger partial charge in [0.25, 0.3) is 5.91 Å². The molecule has 5 nitrogen and oxygen atoms in total. The molecule has 0 saturated heterocycles. The van der Waals surface area contributed by atoms with Gasteiger partial charge in [-0.05, 0) is 37.0 Å². The summed E-state index contributed by atoms with van der Waals surface area (Å²) >= 11 is 0. The molecule has 1 amide bonds. The number of hydrogen-bond acceptors (Lipinski definition) is 3. The Morgan fingerprint density at radius 2 is 2.23 bits per heavy atom. The Morgan fingerprint density at radius 3 is 2.86 bits per heavy atom. The maximum Gasteiger partial charge on any atom is 0.326 e. The molecule has 1 atom stereocenters. The van der Waals surface area contributed by atoms with Crippen LogP contribution in [-0.4, -0.2) is 23.0 Å². The van der Waals surface area contributed by atoms with Crippen molar-refractivity contribution >= 4 is 22.8 Å². The Balaban J connectivity index is 2.24. The molecular formula is C17H19NO4. The van der Waals surface area contributed by atoms with Crippen molar-refractivity contribution in [2.24, 2.45) is 0 Å². The fourth-order valence-electron chi connectivity index (χ4n) is 2.25. The Bertz CT molecular complexity index is 702. The minimum atomic E-state index is -1.06. The first-order valence-corrected chi connectivity index (χ1v) is 7.21. The van der Waals surface area contributed by atoms with Gasteiger partial charge < -0.3 is 14.8 Å². The number of aryl methyl sites for hydroxylation is 1. The lowest BCUT2D eigenvalue weighted by Crippen LogP contribution is -2.40. The molecule has 0 aliphatic rings. The van der Waals surface area contributed by atoms with Crippen LogP contribution in [0.3, 0.4) is 0 Å². The number of amides is 1. The molecule has 0 bridgehead atoms. The summed E-state index contributed by atoms with van der Waals surface area (Å²) in [5, 5.41) is 12.4. The van der Waals surface area contributed by atoms with Gasteiger partial charge in [-0.3, -0.25) is 4.79 Å². The van der Waals surface area contributed by atoms with Crippen LogP contribution >= 0.6 is 0 Å². The zero-order chi connectivity index (χ0) is 16.1. The largest absolute Gasteiger partial charge is 0.480 e. The van der Waals surface area contributed by atoms with Crippen molar-refractivity contribution in [3.05, 3.63) is 48.2 Å². The SMILES string of the molecule is C=CCCC(NC(=O)c1coc2ccc(CC)cc12)C(=O)O. The highest BCUT2D eigenvalue weighted by atomic mass is 16.4. The molecule has 0 saturated carbocycles. The fraction of sp³-hybridized carbons (Fsp3) is 0.294. The maximum absolute atomic E-state index is 12.3. The van der Waals surface area contributed by atoms with Crippen molar-refractivity contribution in [1.29, 1.82) is 0 Å². The number of nitrogens with one attached hydrogen (secondary N) is 1. The summed E-state index contributed by atoms with van der Waals surface area (Å²) in [5.41, 5.74) is 2.06. The predicted molar refractivity (Wildman–Crippen MR) is 83.9 cm³/mol.